The van der Waals surface area contributed by atoms with Gasteiger partial charge in [0.1, 0.15) is 11.5 Å². The third-order valence-corrected chi connectivity index (χ3v) is 4.73. The van der Waals surface area contributed by atoms with E-state index in [4.69, 9.17) is 0 Å². The maximum Gasteiger partial charge on any atom is 0.269 e. The molecule has 0 aliphatic heterocycles. The van der Waals surface area contributed by atoms with Crippen molar-refractivity contribution in [2.24, 2.45) is 0 Å². The minimum atomic E-state index is -0.425. The molecule has 3 aromatic rings. The number of nitro benzene ring substituents is 1. The molecule has 0 unspecified atom stereocenters. The van der Waals surface area contributed by atoms with Crippen LogP contribution in [0, 0.1) is 24.0 Å². The Labute approximate surface area is 151 Å². The molecule has 2 N–H and O–H groups in total. The minimum Gasteiger partial charge on any atom is -0.508 e. The van der Waals surface area contributed by atoms with Crippen molar-refractivity contribution < 1.29 is 15.1 Å². The van der Waals surface area contributed by atoms with Crippen molar-refractivity contribution in [3.63, 3.8) is 0 Å². The van der Waals surface area contributed by atoms with Crippen LogP contribution in [0.3, 0.4) is 0 Å². The number of hydrogen-bond acceptors (Lipinski definition) is 4. The van der Waals surface area contributed by atoms with E-state index < -0.39 is 4.92 Å². The maximum atomic E-state index is 11.2. The van der Waals surface area contributed by atoms with Crippen molar-refractivity contribution in [1.82, 2.24) is 0 Å². The van der Waals surface area contributed by atoms with Crippen molar-refractivity contribution >= 4 is 5.69 Å². The second kappa shape index (κ2) is 6.88. The third-order valence-electron chi connectivity index (χ3n) is 4.73. The summed E-state index contributed by atoms with van der Waals surface area (Å²) in [5, 5.41) is 31.5. The Bertz CT molecular complexity index is 930. The van der Waals surface area contributed by atoms with Crippen molar-refractivity contribution in [3.05, 3.63) is 98.6 Å². The summed E-state index contributed by atoms with van der Waals surface area (Å²) in [6, 6.07) is 17.0. The van der Waals surface area contributed by atoms with Gasteiger partial charge in [0.05, 0.1) is 4.92 Å². The van der Waals surface area contributed by atoms with E-state index in [1.807, 2.05) is 32.0 Å². The topological polar surface area (TPSA) is 83.6 Å². The minimum absolute atomic E-state index is 0.00288. The van der Waals surface area contributed by atoms with E-state index in [1.165, 1.54) is 12.1 Å². The van der Waals surface area contributed by atoms with Crippen LogP contribution in [-0.4, -0.2) is 15.1 Å². The second-order valence-electron chi connectivity index (χ2n) is 6.27. The zero-order chi connectivity index (χ0) is 18.8. The Balaban J connectivity index is 2.30. The summed E-state index contributed by atoms with van der Waals surface area (Å²) in [5.41, 5.74) is 3.79. The molecule has 3 rings (SSSR count). The molecule has 0 spiro atoms. The van der Waals surface area contributed by atoms with Gasteiger partial charge in [-0.1, -0.05) is 36.4 Å². The van der Waals surface area contributed by atoms with Crippen molar-refractivity contribution in [1.29, 1.82) is 0 Å². The Hall–Kier alpha value is -3.34. The van der Waals surface area contributed by atoms with Crippen LogP contribution in [0.4, 0.5) is 5.69 Å². The van der Waals surface area contributed by atoms with Crippen LogP contribution >= 0.6 is 0 Å². The Morgan fingerprint density at radius 1 is 0.846 bits per heavy atom. The second-order valence-corrected chi connectivity index (χ2v) is 6.27. The van der Waals surface area contributed by atoms with Gasteiger partial charge in [-0.3, -0.25) is 10.1 Å². The average molecular weight is 349 g/mol. The first kappa shape index (κ1) is 17.5. The van der Waals surface area contributed by atoms with Gasteiger partial charge in [0.15, 0.2) is 0 Å². The first-order valence-corrected chi connectivity index (χ1v) is 8.21. The maximum absolute atomic E-state index is 11.2. The van der Waals surface area contributed by atoms with Crippen LogP contribution < -0.4 is 0 Å². The zero-order valence-electron chi connectivity index (χ0n) is 14.5. The lowest BCUT2D eigenvalue weighted by Crippen LogP contribution is -2.08. The van der Waals surface area contributed by atoms with E-state index in [0.717, 1.165) is 16.7 Å². The van der Waals surface area contributed by atoms with E-state index in [0.29, 0.717) is 11.1 Å². The number of rotatable bonds is 4. The molecule has 5 nitrogen and oxygen atoms in total. The first-order valence-electron chi connectivity index (χ1n) is 8.21. The fourth-order valence-electron chi connectivity index (χ4n) is 3.25. The number of phenols is 2. The monoisotopic (exact) mass is 349 g/mol. The molecule has 0 radical (unpaired) electrons. The summed E-state index contributed by atoms with van der Waals surface area (Å²) < 4.78 is 0. The number of hydrogen-bond donors (Lipinski definition) is 2. The standard InChI is InChI=1S/C21H19NO4/c1-13-17(8-4-10-19(13)23)21(18-9-5-11-20(24)14(18)2)15-6-3-7-16(12-15)22(25)26/h3-12,21,23-24H,1-2H3. The van der Waals surface area contributed by atoms with E-state index in [1.54, 1.807) is 30.3 Å². The molecule has 5 heteroatoms. The van der Waals surface area contributed by atoms with Gasteiger partial charge in [-0.05, 0) is 53.8 Å². The molecule has 0 fully saturated rings. The molecular weight excluding hydrogens is 330 g/mol. The average Bonchev–Trinajstić information content (AvgIpc) is 2.62. The fourth-order valence-corrected chi connectivity index (χ4v) is 3.25. The highest BCUT2D eigenvalue weighted by molar-refractivity contribution is 5.55. The van der Waals surface area contributed by atoms with Crippen LogP contribution in [0.15, 0.2) is 60.7 Å². The Morgan fingerprint density at radius 2 is 1.35 bits per heavy atom. The Morgan fingerprint density at radius 3 is 1.85 bits per heavy atom. The third kappa shape index (κ3) is 3.11. The van der Waals surface area contributed by atoms with Crippen molar-refractivity contribution in [2.45, 2.75) is 19.8 Å². The first-order chi connectivity index (χ1) is 12.4. The molecule has 0 atom stereocenters. The summed E-state index contributed by atoms with van der Waals surface area (Å²) in [7, 11) is 0. The summed E-state index contributed by atoms with van der Waals surface area (Å²) in [6.07, 6.45) is 0. The molecule has 0 saturated heterocycles. The highest BCUT2D eigenvalue weighted by Crippen LogP contribution is 2.40. The fraction of sp³-hybridized carbons (Fsp3) is 0.143. The largest absolute Gasteiger partial charge is 0.508 e. The lowest BCUT2D eigenvalue weighted by molar-refractivity contribution is -0.384. The molecule has 3 aromatic carbocycles. The lowest BCUT2D eigenvalue weighted by Gasteiger charge is -2.23. The lowest BCUT2D eigenvalue weighted by atomic mass is 9.81. The van der Waals surface area contributed by atoms with Crippen molar-refractivity contribution in [3.8, 4) is 11.5 Å². The number of benzene rings is 3. The SMILES string of the molecule is Cc1c(O)cccc1C(c1cccc([N+](=O)[O-])c1)c1cccc(O)c1C. The van der Waals surface area contributed by atoms with Gasteiger partial charge >= 0.3 is 0 Å². The molecular formula is C21H19NO4. The molecule has 26 heavy (non-hydrogen) atoms. The van der Waals surface area contributed by atoms with Gasteiger partial charge in [-0.2, -0.15) is 0 Å². The molecule has 0 bridgehead atoms. The number of non-ortho nitro benzene ring substituents is 1. The highest BCUT2D eigenvalue weighted by Gasteiger charge is 2.24. The summed E-state index contributed by atoms with van der Waals surface area (Å²) in [4.78, 5) is 10.8. The van der Waals surface area contributed by atoms with E-state index in [-0.39, 0.29) is 23.1 Å². The van der Waals surface area contributed by atoms with Gasteiger partial charge in [0.2, 0.25) is 0 Å². The molecule has 132 valence electrons. The van der Waals surface area contributed by atoms with Crippen LogP contribution in [0.25, 0.3) is 0 Å². The predicted molar refractivity (Wildman–Crippen MR) is 99.7 cm³/mol. The Kier molecular flexibility index (Phi) is 4.63. The van der Waals surface area contributed by atoms with Gasteiger partial charge < -0.3 is 10.2 Å². The number of nitro groups is 1. The molecule has 0 amide bonds. The molecule has 0 heterocycles. The molecule has 0 aliphatic carbocycles. The van der Waals surface area contributed by atoms with Gasteiger partial charge in [0.25, 0.3) is 5.69 Å². The smallest absolute Gasteiger partial charge is 0.269 e. The van der Waals surface area contributed by atoms with Gasteiger partial charge in [-0.25, -0.2) is 0 Å². The highest BCUT2D eigenvalue weighted by atomic mass is 16.6. The van der Waals surface area contributed by atoms with E-state index in [9.17, 15) is 20.3 Å². The van der Waals surface area contributed by atoms with Crippen LogP contribution in [0.5, 0.6) is 11.5 Å². The molecule has 0 aliphatic rings. The normalized spacial score (nSPS) is 10.9. The van der Waals surface area contributed by atoms with Crippen molar-refractivity contribution in [2.75, 3.05) is 0 Å². The molecule has 0 aromatic heterocycles. The van der Waals surface area contributed by atoms with Crippen LogP contribution in [0.2, 0.25) is 0 Å². The predicted octanol–water partition coefficient (Wildman–Crippen LogP) is 4.80. The van der Waals surface area contributed by atoms with Gasteiger partial charge in [0, 0.05) is 18.1 Å². The van der Waals surface area contributed by atoms with Gasteiger partial charge in [-0.15, -0.1) is 0 Å². The number of nitrogens with zero attached hydrogens (tertiary/aromatic N) is 1. The number of phenolic OH excluding ortho intramolecular Hbond substituents is 2. The quantitative estimate of drug-likeness (QED) is 0.402. The summed E-state index contributed by atoms with van der Waals surface area (Å²) in [5.74, 6) is -0.0272. The summed E-state index contributed by atoms with van der Waals surface area (Å²) >= 11 is 0. The molecule has 0 saturated carbocycles. The van der Waals surface area contributed by atoms with E-state index in [2.05, 4.69) is 0 Å². The summed E-state index contributed by atoms with van der Waals surface area (Å²) in [6.45, 7) is 3.63. The van der Waals surface area contributed by atoms with Crippen LogP contribution in [0.1, 0.15) is 33.7 Å². The zero-order valence-corrected chi connectivity index (χ0v) is 14.5. The van der Waals surface area contributed by atoms with E-state index >= 15 is 0 Å². The number of aromatic hydroxyl groups is 2. The van der Waals surface area contributed by atoms with Crippen LogP contribution in [-0.2, 0) is 0 Å².